The Bertz CT molecular complexity index is 1150. The van der Waals surface area contributed by atoms with E-state index in [2.05, 4.69) is 20.8 Å². The normalized spacial score (nSPS) is 31.7. The largest absolute Gasteiger partial charge is 0.310 e. The molecule has 3 saturated heterocycles. The number of anilines is 2. The molecule has 3 amide bonds. The van der Waals surface area contributed by atoms with Crippen LogP contribution in [-0.2, 0) is 19.9 Å². The van der Waals surface area contributed by atoms with Gasteiger partial charge in [0.1, 0.15) is 5.54 Å². The van der Waals surface area contributed by atoms with Crippen molar-refractivity contribution in [2.24, 2.45) is 11.8 Å². The first kappa shape index (κ1) is 19.2. The Morgan fingerprint density at radius 1 is 1.06 bits per heavy atom. The summed E-state index contributed by atoms with van der Waals surface area (Å²) in [5, 5.41) is 0. The summed E-state index contributed by atoms with van der Waals surface area (Å²) in [5.41, 5.74) is 1.21. The van der Waals surface area contributed by atoms with E-state index in [4.69, 9.17) is 0 Å². The summed E-state index contributed by atoms with van der Waals surface area (Å²) in [5.74, 6) is -1.70. The molecule has 2 aromatic carbocycles. The van der Waals surface area contributed by atoms with Gasteiger partial charge in [-0.15, -0.1) is 0 Å². The highest BCUT2D eigenvalue weighted by Crippen LogP contribution is 2.61. The number of rotatable bonds is 2. The fourth-order valence-corrected chi connectivity index (χ4v) is 6.91. The van der Waals surface area contributed by atoms with E-state index in [1.807, 2.05) is 43.3 Å². The molecule has 0 unspecified atom stereocenters. The summed E-state index contributed by atoms with van der Waals surface area (Å²) in [6.07, 6.45) is 1.76. The van der Waals surface area contributed by atoms with Gasteiger partial charge in [0.15, 0.2) is 0 Å². The van der Waals surface area contributed by atoms with E-state index in [0.717, 1.165) is 35.1 Å². The second kappa shape index (κ2) is 6.50. The Kier molecular flexibility index (Phi) is 4.02. The summed E-state index contributed by atoms with van der Waals surface area (Å²) in [6.45, 7) is 3.22. The standard InChI is InChI=1S/C24H22BrN3O3/c1-2-26-17-10-4-3-9-16(17)24(23(26)31)20-19(18-11-6-12-27(18)24)21(29)28(22(20)30)15-8-5-7-14(25)13-15/h3-5,7-10,13,18-20H,2,6,11-12H2,1H3/t18-,19+,20+,24+/m1/s1. The fourth-order valence-electron chi connectivity index (χ4n) is 6.52. The third kappa shape index (κ3) is 2.18. The average Bonchev–Trinajstić information content (AvgIpc) is 3.45. The second-order valence-corrected chi connectivity index (χ2v) is 9.65. The Morgan fingerprint density at radius 3 is 2.65 bits per heavy atom. The molecule has 0 bridgehead atoms. The molecule has 6 rings (SSSR count). The van der Waals surface area contributed by atoms with Gasteiger partial charge in [-0.1, -0.05) is 40.2 Å². The average molecular weight is 480 g/mol. The fraction of sp³-hybridized carbons (Fsp3) is 0.375. The van der Waals surface area contributed by atoms with Crippen LogP contribution >= 0.6 is 15.9 Å². The molecule has 4 heterocycles. The minimum Gasteiger partial charge on any atom is -0.310 e. The van der Waals surface area contributed by atoms with Crippen LogP contribution in [0.15, 0.2) is 53.0 Å². The van der Waals surface area contributed by atoms with Crippen LogP contribution < -0.4 is 9.80 Å². The van der Waals surface area contributed by atoms with E-state index in [1.54, 1.807) is 17.0 Å². The zero-order valence-corrected chi connectivity index (χ0v) is 18.7. The van der Waals surface area contributed by atoms with Gasteiger partial charge in [-0.05, 0) is 50.6 Å². The molecular weight excluding hydrogens is 458 g/mol. The first-order valence-electron chi connectivity index (χ1n) is 10.8. The van der Waals surface area contributed by atoms with E-state index >= 15 is 0 Å². The van der Waals surface area contributed by atoms with Crippen molar-refractivity contribution >= 4 is 45.0 Å². The van der Waals surface area contributed by atoms with Crippen LogP contribution in [0.3, 0.4) is 0 Å². The maximum atomic E-state index is 14.0. The van der Waals surface area contributed by atoms with Gasteiger partial charge in [0, 0.05) is 28.3 Å². The number of nitrogens with zero attached hydrogens (tertiary/aromatic N) is 3. The summed E-state index contributed by atoms with van der Waals surface area (Å²) < 4.78 is 0.805. The third-order valence-corrected chi connectivity index (χ3v) is 8.02. The molecule has 0 radical (unpaired) electrons. The molecular formula is C24H22BrN3O3. The highest BCUT2D eigenvalue weighted by Gasteiger charge is 2.75. The minimum absolute atomic E-state index is 0.0622. The van der Waals surface area contributed by atoms with Crippen LogP contribution in [0, 0.1) is 11.8 Å². The van der Waals surface area contributed by atoms with Crippen molar-refractivity contribution < 1.29 is 14.4 Å². The molecule has 2 aromatic rings. The van der Waals surface area contributed by atoms with Crippen molar-refractivity contribution in [2.45, 2.75) is 31.3 Å². The van der Waals surface area contributed by atoms with Gasteiger partial charge in [-0.2, -0.15) is 0 Å². The Hall–Kier alpha value is -2.51. The zero-order chi connectivity index (χ0) is 21.5. The lowest BCUT2D eigenvalue weighted by atomic mass is 9.75. The molecule has 4 atom stereocenters. The quantitative estimate of drug-likeness (QED) is 0.620. The van der Waals surface area contributed by atoms with Crippen molar-refractivity contribution in [1.29, 1.82) is 0 Å². The number of benzene rings is 2. The number of halogens is 1. The Morgan fingerprint density at radius 2 is 1.87 bits per heavy atom. The molecule has 6 nitrogen and oxygen atoms in total. The summed E-state index contributed by atoms with van der Waals surface area (Å²) >= 11 is 3.45. The molecule has 4 aliphatic heterocycles. The molecule has 0 saturated carbocycles. The van der Waals surface area contributed by atoms with Crippen LogP contribution in [0.25, 0.3) is 0 Å². The number of hydrogen-bond acceptors (Lipinski definition) is 4. The van der Waals surface area contributed by atoms with Crippen LogP contribution in [0.5, 0.6) is 0 Å². The maximum absolute atomic E-state index is 14.0. The molecule has 0 aromatic heterocycles. The van der Waals surface area contributed by atoms with E-state index in [-0.39, 0.29) is 23.8 Å². The zero-order valence-electron chi connectivity index (χ0n) is 17.1. The smallest absolute Gasteiger partial charge is 0.253 e. The second-order valence-electron chi connectivity index (χ2n) is 8.73. The predicted molar refractivity (Wildman–Crippen MR) is 119 cm³/mol. The number of carbonyl (C=O) groups excluding carboxylic acids is 3. The molecule has 7 heteroatoms. The predicted octanol–water partition coefficient (Wildman–Crippen LogP) is 3.29. The summed E-state index contributed by atoms with van der Waals surface area (Å²) in [4.78, 5) is 47.0. The van der Waals surface area contributed by atoms with Gasteiger partial charge < -0.3 is 4.90 Å². The van der Waals surface area contributed by atoms with Crippen LogP contribution in [0.4, 0.5) is 11.4 Å². The number of amides is 3. The molecule has 3 fully saturated rings. The van der Waals surface area contributed by atoms with Crippen molar-refractivity contribution in [3.8, 4) is 0 Å². The van der Waals surface area contributed by atoms with E-state index in [9.17, 15) is 14.4 Å². The Balaban J connectivity index is 1.58. The van der Waals surface area contributed by atoms with Gasteiger partial charge in [-0.3, -0.25) is 19.3 Å². The molecule has 158 valence electrons. The van der Waals surface area contributed by atoms with Gasteiger partial charge in [0.25, 0.3) is 5.91 Å². The SMILES string of the molecule is CCN1C(=O)[C@]2(c3ccccc31)[C@@H]1C(=O)N(c3cccc(Br)c3)C(=O)[C@H]1[C@H]1CCCN12. The van der Waals surface area contributed by atoms with Crippen LogP contribution in [0.2, 0.25) is 0 Å². The van der Waals surface area contributed by atoms with E-state index in [1.165, 1.54) is 4.90 Å². The first-order valence-corrected chi connectivity index (χ1v) is 11.6. The van der Waals surface area contributed by atoms with E-state index in [0.29, 0.717) is 12.2 Å². The lowest BCUT2D eigenvalue weighted by molar-refractivity contribution is -0.137. The van der Waals surface area contributed by atoms with Crippen molar-refractivity contribution in [2.75, 3.05) is 22.9 Å². The minimum atomic E-state index is -1.09. The number of para-hydroxylation sites is 1. The van der Waals surface area contributed by atoms with Crippen molar-refractivity contribution in [1.82, 2.24) is 4.90 Å². The molecule has 4 aliphatic rings. The van der Waals surface area contributed by atoms with E-state index < -0.39 is 17.4 Å². The van der Waals surface area contributed by atoms with Crippen molar-refractivity contribution in [3.05, 3.63) is 58.6 Å². The third-order valence-electron chi connectivity index (χ3n) is 7.53. The lowest BCUT2D eigenvalue weighted by Crippen LogP contribution is -2.56. The molecule has 0 aliphatic carbocycles. The van der Waals surface area contributed by atoms with Gasteiger partial charge in [0.2, 0.25) is 11.8 Å². The van der Waals surface area contributed by atoms with Gasteiger partial charge in [-0.25, -0.2) is 4.90 Å². The number of hydrogen-bond donors (Lipinski definition) is 0. The van der Waals surface area contributed by atoms with Gasteiger partial charge in [0.05, 0.1) is 17.5 Å². The van der Waals surface area contributed by atoms with Crippen LogP contribution in [-0.4, -0.2) is 41.8 Å². The van der Waals surface area contributed by atoms with Crippen molar-refractivity contribution in [3.63, 3.8) is 0 Å². The lowest BCUT2D eigenvalue weighted by Gasteiger charge is -2.37. The number of likely N-dealkylation sites (N-methyl/N-ethyl adjacent to an activating group) is 1. The topological polar surface area (TPSA) is 60.9 Å². The monoisotopic (exact) mass is 479 g/mol. The summed E-state index contributed by atoms with van der Waals surface area (Å²) in [6, 6.07) is 15.0. The number of carbonyl (C=O) groups is 3. The van der Waals surface area contributed by atoms with Crippen LogP contribution in [0.1, 0.15) is 25.3 Å². The number of imide groups is 1. The first-order chi connectivity index (χ1) is 15.0. The molecule has 1 spiro atoms. The van der Waals surface area contributed by atoms with Gasteiger partial charge >= 0.3 is 0 Å². The number of fused-ring (bicyclic) bond motifs is 7. The highest BCUT2D eigenvalue weighted by atomic mass is 79.9. The molecule has 0 N–H and O–H groups in total. The Labute approximate surface area is 188 Å². The summed E-state index contributed by atoms with van der Waals surface area (Å²) in [7, 11) is 0. The molecule has 31 heavy (non-hydrogen) atoms. The maximum Gasteiger partial charge on any atom is 0.253 e. The highest BCUT2D eigenvalue weighted by molar-refractivity contribution is 9.10.